The van der Waals surface area contributed by atoms with Gasteiger partial charge in [-0.2, -0.15) is 0 Å². The van der Waals surface area contributed by atoms with Gasteiger partial charge in [-0.25, -0.2) is 9.18 Å². The molecule has 0 saturated heterocycles. The topological polar surface area (TPSA) is 106 Å². The SMILES string of the molecule is CCOC(=O)c1c(NC(=O)CSc2nnc(-c3ccccc3F)n2C)sc(C(=O)N(C)C)c1C. The zero-order valence-corrected chi connectivity index (χ0v) is 21.0. The number of thioether (sulfide) groups is 1. The van der Waals surface area contributed by atoms with Crippen LogP contribution in [0, 0.1) is 12.7 Å². The van der Waals surface area contributed by atoms with Gasteiger partial charge in [0.05, 0.1) is 28.4 Å². The second kappa shape index (κ2) is 10.8. The molecule has 0 bridgehead atoms. The largest absolute Gasteiger partial charge is 0.462 e. The molecule has 0 radical (unpaired) electrons. The maximum absolute atomic E-state index is 14.1. The molecular formula is C22H24FN5O4S2. The summed E-state index contributed by atoms with van der Waals surface area (Å²) in [6, 6.07) is 6.23. The molecule has 9 nitrogen and oxygen atoms in total. The van der Waals surface area contributed by atoms with E-state index in [4.69, 9.17) is 4.74 Å². The molecule has 34 heavy (non-hydrogen) atoms. The molecule has 0 aliphatic heterocycles. The van der Waals surface area contributed by atoms with Crippen molar-refractivity contribution in [2.75, 3.05) is 31.8 Å². The molecule has 2 heterocycles. The summed E-state index contributed by atoms with van der Waals surface area (Å²) in [6.07, 6.45) is 0. The Morgan fingerprint density at radius 1 is 1.24 bits per heavy atom. The van der Waals surface area contributed by atoms with Gasteiger partial charge in [0.15, 0.2) is 11.0 Å². The summed E-state index contributed by atoms with van der Waals surface area (Å²) in [7, 11) is 4.90. The van der Waals surface area contributed by atoms with Crippen LogP contribution in [-0.4, -0.2) is 63.9 Å². The number of thiophene rings is 1. The average molecular weight is 506 g/mol. The Morgan fingerprint density at radius 2 is 1.94 bits per heavy atom. The number of ether oxygens (including phenoxy) is 1. The van der Waals surface area contributed by atoms with Crippen molar-refractivity contribution < 1.29 is 23.5 Å². The first-order valence-corrected chi connectivity index (χ1v) is 12.0. The van der Waals surface area contributed by atoms with Crippen molar-refractivity contribution in [3.8, 4) is 11.4 Å². The fraction of sp³-hybridized carbons (Fsp3) is 0.318. The number of benzene rings is 1. The van der Waals surface area contributed by atoms with Gasteiger partial charge in [0, 0.05) is 21.1 Å². The third-order valence-corrected chi connectivity index (χ3v) is 6.98. The summed E-state index contributed by atoms with van der Waals surface area (Å²) in [5, 5.41) is 11.5. The van der Waals surface area contributed by atoms with Crippen molar-refractivity contribution in [1.82, 2.24) is 19.7 Å². The van der Waals surface area contributed by atoms with Crippen LogP contribution in [0.4, 0.5) is 9.39 Å². The molecule has 3 aromatic rings. The summed E-state index contributed by atoms with van der Waals surface area (Å²) in [5.41, 5.74) is 0.920. The summed E-state index contributed by atoms with van der Waals surface area (Å²) in [6.45, 7) is 3.48. The van der Waals surface area contributed by atoms with E-state index in [-0.39, 0.29) is 28.8 Å². The van der Waals surface area contributed by atoms with Crippen LogP contribution >= 0.6 is 23.1 Å². The second-order valence-electron chi connectivity index (χ2n) is 7.36. The van der Waals surface area contributed by atoms with Gasteiger partial charge in [-0.15, -0.1) is 21.5 Å². The van der Waals surface area contributed by atoms with Crippen molar-refractivity contribution in [2.45, 2.75) is 19.0 Å². The van der Waals surface area contributed by atoms with E-state index in [0.717, 1.165) is 23.1 Å². The summed E-state index contributed by atoms with van der Waals surface area (Å²) < 4.78 is 20.8. The van der Waals surface area contributed by atoms with Crippen LogP contribution in [0.1, 0.15) is 32.5 Å². The van der Waals surface area contributed by atoms with Gasteiger partial charge >= 0.3 is 5.97 Å². The molecule has 3 rings (SSSR count). The highest BCUT2D eigenvalue weighted by atomic mass is 32.2. The number of esters is 1. The Bertz CT molecular complexity index is 1240. The highest BCUT2D eigenvalue weighted by Gasteiger charge is 2.27. The normalized spacial score (nSPS) is 10.8. The molecule has 12 heteroatoms. The van der Waals surface area contributed by atoms with Gasteiger partial charge in [0.2, 0.25) is 5.91 Å². The Balaban J connectivity index is 1.78. The summed E-state index contributed by atoms with van der Waals surface area (Å²) in [5.74, 6) is -1.42. The number of amides is 2. The van der Waals surface area contributed by atoms with Crippen LogP contribution in [0.2, 0.25) is 0 Å². The lowest BCUT2D eigenvalue weighted by atomic mass is 10.1. The lowest BCUT2D eigenvalue weighted by molar-refractivity contribution is -0.113. The number of rotatable bonds is 8. The van der Waals surface area contributed by atoms with E-state index in [2.05, 4.69) is 15.5 Å². The maximum Gasteiger partial charge on any atom is 0.341 e. The lowest BCUT2D eigenvalue weighted by Crippen LogP contribution is -2.21. The first-order chi connectivity index (χ1) is 16.1. The quantitative estimate of drug-likeness (QED) is 0.368. The fourth-order valence-electron chi connectivity index (χ4n) is 3.07. The number of carbonyl (C=O) groups is 3. The number of nitrogens with one attached hydrogen (secondary N) is 1. The Hall–Kier alpha value is -3.25. The molecule has 0 saturated carbocycles. The number of anilines is 1. The number of halogens is 1. The minimum absolute atomic E-state index is 0.0422. The number of hydrogen-bond acceptors (Lipinski definition) is 8. The molecule has 0 atom stereocenters. The summed E-state index contributed by atoms with van der Waals surface area (Å²) in [4.78, 5) is 39.5. The van der Waals surface area contributed by atoms with Crippen LogP contribution in [0.15, 0.2) is 29.4 Å². The minimum Gasteiger partial charge on any atom is -0.462 e. The van der Waals surface area contributed by atoms with E-state index in [1.165, 1.54) is 11.0 Å². The Labute approximate surface area is 204 Å². The van der Waals surface area contributed by atoms with Gasteiger partial charge < -0.3 is 19.5 Å². The molecule has 0 aliphatic carbocycles. The highest BCUT2D eigenvalue weighted by Crippen LogP contribution is 2.35. The van der Waals surface area contributed by atoms with Gasteiger partial charge in [-0.3, -0.25) is 9.59 Å². The molecule has 0 aliphatic rings. The standard InChI is InChI=1S/C22H24FN5O4S2/c1-6-32-21(31)16-12(2)17(20(30)27(3)4)34-19(16)24-15(29)11-33-22-26-25-18(28(22)5)13-9-7-8-10-14(13)23/h7-10H,6,11H2,1-5H3,(H,24,29). The highest BCUT2D eigenvalue weighted by molar-refractivity contribution is 7.99. The van der Waals surface area contributed by atoms with E-state index < -0.39 is 17.7 Å². The number of aromatic nitrogens is 3. The molecule has 1 aromatic carbocycles. The van der Waals surface area contributed by atoms with E-state index in [0.29, 0.717) is 27.0 Å². The van der Waals surface area contributed by atoms with Crippen molar-refractivity contribution in [3.05, 3.63) is 46.1 Å². The third-order valence-electron chi connectivity index (χ3n) is 4.76. The number of nitrogens with zero attached hydrogens (tertiary/aromatic N) is 4. The zero-order chi connectivity index (χ0) is 25.0. The first-order valence-electron chi connectivity index (χ1n) is 10.2. The van der Waals surface area contributed by atoms with Crippen LogP contribution in [0.3, 0.4) is 0 Å². The van der Waals surface area contributed by atoms with Crippen LogP contribution < -0.4 is 5.32 Å². The average Bonchev–Trinajstić information content (AvgIpc) is 3.31. The Kier molecular flexibility index (Phi) is 8.05. The Morgan fingerprint density at radius 3 is 2.59 bits per heavy atom. The van der Waals surface area contributed by atoms with Crippen LogP contribution in [0.5, 0.6) is 0 Å². The zero-order valence-electron chi connectivity index (χ0n) is 19.3. The van der Waals surface area contributed by atoms with Gasteiger partial charge in [-0.05, 0) is 31.5 Å². The van der Waals surface area contributed by atoms with Gasteiger partial charge in [-0.1, -0.05) is 23.9 Å². The predicted molar refractivity (Wildman–Crippen MR) is 129 cm³/mol. The third kappa shape index (κ3) is 5.28. The van der Waals surface area contributed by atoms with Gasteiger partial charge in [0.1, 0.15) is 10.8 Å². The molecule has 0 fully saturated rings. The number of hydrogen-bond donors (Lipinski definition) is 1. The van der Waals surface area contributed by atoms with Crippen molar-refractivity contribution >= 4 is 45.9 Å². The second-order valence-corrected chi connectivity index (χ2v) is 9.33. The summed E-state index contributed by atoms with van der Waals surface area (Å²) >= 11 is 2.14. The lowest BCUT2D eigenvalue weighted by Gasteiger charge is -2.09. The van der Waals surface area contributed by atoms with Crippen LogP contribution in [0.25, 0.3) is 11.4 Å². The van der Waals surface area contributed by atoms with Crippen LogP contribution in [-0.2, 0) is 16.6 Å². The van der Waals surface area contributed by atoms with E-state index in [9.17, 15) is 18.8 Å². The molecular weight excluding hydrogens is 481 g/mol. The van der Waals surface area contributed by atoms with E-state index in [1.807, 2.05) is 0 Å². The molecule has 180 valence electrons. The maximum atomic E-state index is 14.1. The molecule has 0 spiro atoms. The molecule has 0 unspecified atom stereocenters. The molecule has 1 N–H and O–H groups in total. The van der Waals surface area contributed by atoms with Gasteiger partial charge in [0.25, 0.3) is 5.91 Å². The van der Waals surface area contributed by atoms with E-state index >= 15 is 0 Å². The fourth-order valence-corrected chi connectivity index (χ4v) is 5.01. The first kappa shape index (κ1) is 25.4. The smallest absolute Gasteiger partial charge is 0.341 e. The number of carbonyl (C=O) groups excluding carboxylic acids is 3. The molecule has 2 aromatic heterocycles. The van der Waals surface area contributed by atoms with E-state index in [1.54, 1.807) is 57.8 Å². The molecule has 2 amide bonds. The monoisotopic (exact) mass is 505 g/mol. The van der Waals surface area contributed by atoms with Crippen molar-refractivity contribution in [3.63, 3.8) is 0 Å². The predicted octanol–water partition coefficient (Wildman–Crippen LogP) is 3.60. The van der Waals surface area contributed by atoms with Crippen molar-refractivity contribution in [1.29, 1.82) is 0 Å². The van der Waals surface area contributed by atoms with Crippen molar-refractivity contribution in [2.24, 2.45) is 7.05 Å². The minimum atomic E-state index is -0.611.